The Bertz CT molecular complexity index is 906. The van der Waals surface area contributed by atoms with Crippen molar-refractivity contribution in [3.05, 3.63) is 65.1 Å². The number of hydrogen-bond donors (Lipinski definition) is 0. The van der Waals surface area contributed by atoms with E-state index in [-0.39, 0.29) is 5.91 Å². The molecule has 2 aromatic heterocycles. The maximum atomic E-state index is 12.5. The lowest BCUT2D eigenvalue weighted by molar-refractivity contribution is -0.129. The van der Waals surface area contributed by atoms with E-state index in [1.807, 2.05) is 46.8 Å². The van der Waals surface area contributed by atoms with Gasteiger partial charge in [0.25, 0.3) is 0 Å². The normalized spacial score (nSPS) is 13.9. The van der Waals surface area contributed by atoms with Gasteiger partial charge >= 0.3 is 0 Å². The van der Waals surface area contributed by atoms with Crippen molar-refractivity contribution in [1.29, 1.82) is 0 Å². The molecule has 6 heteroatoms. The van der Waals surface area contributed by atoms with Gasteiger partial charge in [-0.3, -0.25) is 4.79 Å². The molecule has 1 aliphatic heterocycles. The fourth-order valence-corrected chi connectivity index (χ4v) is 4.08. The Balaban J connectivity index is 1.40. The highest BCUT2D eigenvalue weighted by Crippen LogP contribution is 2.21. The van der Waals surface area contributed by atoms with Crippen molar-refractivity contribution in [2.24, 2.45) is 0 Å². The molecule has 0 atom stereocenters. The number of carbonyl (C=O) groups is 1. The summed E-state index contributed by atoms with van der Waals surface area (Å²) in [5.41, 5.74) is 5.39. The van der Waals surface area contributed by atoms with Crippen LogP contribution in [-0.2, 0) is 23.5 Å². The molecule has 3 heterocycles. The number of nitrogens with zero attached hydrogens (tertiary/aromatic N) is 4. The minimum Gasteiger partial charge on any atom is -0.337 e. The van der Waals surface area contributed by atoms with Crippen molar-refractivity contribution in [2.75, 3.05) is 12.3 Å². The lowest BCUT2D eigenvalue weighted by Gasteiger charge is -2.28. The first-order valence-electron chi connectivity index (χ1n) is 8.43. The fraction of sp³-hybridized carbons (Fsp3) is 0.316. The van der Waals surface area contributed by atoms with Gasteiger partial charge in [-0.25, -0.2) is 9.50 Å². The number of hydrogen-bond acceptors (Lipinski definition) is 4. The van der Waals surface area contributed by atoms with Gasteiger partial charge in [-0.1, -0.05) is 30.3 Å². The van der Waals surface area contributed by atoms with Crippen LogP contribution in [0.25, 0.3) is 5.65 Å². The number of fused-ring (bicyclic) bond motifs is 3. The van der Waals surface area contributed by atoms with Gasteiger partial charge in [0.2, 0.25) is 5.91 Å². The van der Waals surface area contributed by atoms with Crippen molar-refractivity contribution in [3.63, 3.8) is 0 Å². The second-order valence-electron chi connectivity index (χ2n) is 6.33. The van der Waals surface area contributed by atoms with E-state index in [9.17, 15) is 4.79 Å². The molecule has 1 amide bonds. The molecular formula is C19H20N4OS. The Morgan fingerprint density at radius 3 is 2.96 bits per heavy atom. The second-order valence-corrected chi connectivity index (χ2v) is 7.32. The first-order chi connectivity index (χ1) is 12.2. The first-order valence-corrected chi connectivity index (χ1v) is 9.59. The van der Waals surface area contributed by atoms with Crippen LogP contribution < -0.4 is 0 Å². The number of thioether (sulfide) groups is 1. The van der Waals surface area contributed by atoms with Crippen LogP contribution in [-0.4, -0.2) is 37.7 Å². The van der Waals surface area contributed by atoms with Crippen LogP contribution in [0, 0.1) is 6.92 Å². The first kappa shape index (κ1) is 16.1. The van der Waals surface area contributed by atoms with Crippen LogP contribution in [0.3, 0.4) is 0 Å². The summed E-state index contributed by atoms with van der Waals surface area (Å²) in [5, 5.41) is 4.53. The average molecular weight is 352 g/mol. The van der Waals surface area contributed by atoms with Crippen LogP contribution in [0.4, 0.5) is 0 Å². The molecule has 0 radical (unpaired) electrons. The minimum atomic E-state index is 0.198. The third-order valence-corrected chi connectivity index (χ3v) is 5.45. The summed E-state index contributed by atoms with van der Waals surface area (Å²) in [6, 6.07) is 12.2. The van der Waals surface area contributed by atoms with E-state index >= 15 is 0 Å². The molecule has 25 heavy (non-hydrogen) atoms. The summed E-state index contributed by atoms with van der Waals surface area (Å²) < 4.78 is 1.93. The molecule has 0 saturated carbocycles. The maximum absolute atomic E-state index is 12.5. The SMILES string of the molecule is Cc1cc2ncc3c(n2n1)CCN(C(=O)CSCc1ccccc1)C3. The Labute approximate surface area is 151 Å². The number of amides is 1. The highest BCUT2D eigenvalue weighted by molar-refractivity contribution is 7.99. The van der Waals surface area contributed by atoms with Crippen LogP contribution in [0.2, 0.25) is 0 Å². The largest absolute Gasteiger partial charge is 0.337 e. The third kappa shape index (κ3) is 3.39. The Kier molecular flexibility index (Phi) is 4.44. The van der Waals surface area contributed by atoms with E-state index < -0.39 is 0 Å². The lowest BCUT2D eigenvalue weighted by Crippen LogP contribution is -2.38. The van der Waals surface area contributed by atoms with Gasteiger partial charge in [0.1, 0.15) is 0 Å². The number of carbonyl (C=O) groups excluding carboxylic acids is 1. The van der Waals surface area contributed by atoms with Gasteiger partial charge in [-0.15, -0.1) is 11.8 Å². The molecular weight excluding hydrogens is 332 g/mol. The predicted molar refractivity (Wildman–Crippen MR) is 99.4 cm³/mol. The molecule has 1 aromatic carbocycles. The van der Waals surface area contributed by atoms with Crippen LogP contribution in [0.1, 0.15) is 22.5 Å². The highest BCUT2D eigenvalue weighted by Gasteiger charge is 2.23. The van der Waals surface area contributed by atoms with Gasteiger partial charge in [0.15, 0.2) is 5.65 Å². The number of aryl methyl sites for hydroxylation is 1. The van der Waals surface area contributed by atoms with E-state index in [0.29, 0.717) is 12.3 Å². The van der Waals surface area contributed by atoms with Crippen molar-refractivity contribution < 1.29 is 4.79 Å². The van der Waals surface area contributed by atoms with Crippen molar-refractivity contribution in [3.8, 4) is 0 Å². The molecule has 0 N–H and O–H groups in total. The quantitative estimate of drug-likeness (QED) is 0.724. The van der Waals surface area contributed by atoms with E-state index in [0.717, 1.165) is 35.6 Å². The summed E-state index contributed by atoms with van der Waals surface area (Å²) in [6.07, 6.45) is 2.72. The van der Waals surface area contributed by atoms with Crippen LogP contribution in [0.15, 0.2) is 42.6 Å². The molecule has 0 spiro atoms. The van der Waals surface area contributed by atoms with Gasteiger partial charge in [-0.05, 0) is 12.5 Å². The summed E-state index contributed by atoms with van der Waals surface area (Å²) in [7, 11) is 0. The van der Waals surface area contributed by atoms with E-state index in [4.69, 9.17) is 0 Å². The Hall–Kier alpha value is -2.34. The van der Waals surface area contributed by atoms with Gasteiger partial charge in [-0.2, -0.15) is 5.10 Å². The molecule has 0 bridgehead atoms. The van der Waals surface area contributed by atoms with Gasteiger partial charge in [0, 0.05) is 43.1 Å². The summed E-state index contributed by atoms with van der Waals surface area (Å²) in [5.74, 6) is 1.58. The zero-order chi connectivity index (χ0) is 17.2. The zero-order valence-electron chi connectivity index (χ0n) is 14.2. The molecule has 4 rings (SSSR count). The van der Waals surface area contributed by atoms with Crippen molar-refractivity contribution in [1.82, 2.24) is 19.5 Å². The molecule has 0 fully saturated rings. The van der Waals surface area contributed by atoms with E-state index in [1.54, 1.807) is 11.8 Å². The smallest absolute Gasteiger partial charge is 0.232 e. The molecule has 0 aliphatic carbocycles. The predicted octanol–water partition coefficient (Wildman–Crippen LogP) is 2.86. The summed E-state index contributed by atoms with van der Waals surface area (Å²) >= 11 is 1.67. The van der Waals surface area contributed by atoms with E-state index in [2.05, 4.69) is 22.2 Å². The Morgan fingerprint density at radius 1 is 1.28 bits per heavy atom. The van der Waals surface area contributed by atoms with Gasteiger partial charge in [0.05, 0.1) is 17.1 Å². The topological polar surface area (TPSA) is 50.5 Å². The zero-order valence-corrected chi connectivity index (χ0v) is 15.0. The molecule has 5 nitrogen and oxygen atoms in total. The molecule has 1 aliphatic rings. The molecule has 128 valence electrons. The number of benzene rings is 1. The second kappa shape index (κ2) is 6.88. The highest BCUT2D eigenvalue weighted by atomic mass is 32.2. The lowest BCUT2D eigenvalue weighted by atomic mass is 10.1. The molecule has 3 aromatic rings. The van der Waals surface area contributed by atoms with Crippen LogP contribution >= 0.6 is 11.8 Å². The molecule has 0 saturated heterocycles. The standard InChI is InChI=1S/C19H20N4OS/c1-14-9-18-20-10-16-11-22(8-7-17(16)23(18)21-14)19(24)13-25-12-15-5-3-2-4-6-15/h2-6,9-10H,7-8,11-13H2,1H3. The number of aromatic nitrogens is 3. The summed E-state index contributed by atoms with van der Waals surface area (Å²) in [4.78, 5) is 18.9. The molecule has 0 unspecified atom stereocenters. The fourth-order valence-electron chi connectivity index (χ4n) is 3.19. The minimum absolute atomic E-state index is 0.198. The van der Waals surface area contributed by atoms with Gasteiger partial charge < -0.3 is 4.90 Å². The van der Waals surface area contributed by atoms with Crippen LogP contribution in [0.5, 0.6) is 0 Å². The van der Waals surface area contributed by atoms with E-state index in [1.165, 1.54) is 11.3 Å². The van der Waals surface area contributed by atoms with Crippen molar-refractivity contribution >= 4 is 23.3 Å². The maximum Gasteiger partial charge on any atom is 0.232 e. The monoisotopic (exact) mass is 352 g/mol. The number of rotatable bonds is 4. The Morgan fingerprint density at radius 2 is 2.12 bits per heavy atom. The average Bonchev–Trinajstić information content (AvgIpc) is 3.02. The summed E-state index contributed by atoms with van der Waals surface area (Å²) in [6.45, 7) is 3.35. The van der Waals surface area contributed by atoms with Crippen molar-refractivity contribution in [2.45, 2.75) is 25.6 Å². The third-order valence-electron chi connectivity index (χ3n) is 4.46.